The van der Waals surface area contributed by atoms with Gasteiger partial charge in [-0.2, -0.15) is 0 Å². The molecule has 0 aromatic heterocycles. The summed E-state index contributed by atoms with van der Waals surface area (Å²) in [4.78, 5) is 12.3. The maximum atomic E-state index is 12.3. The molecule has 0 aliphatic heterocycles. The zero-order chi connectivity index (χ0) is 17.7. The van der Waals surface area contributed by atoms with Crippen LogP contribution in [0, 0.1) is 6.92 Å². The molecule has 0 heterocycles. The molecule has 0 radical (unpaired) electrons. The maximum absolute atomic E-state index is 12.3. The summed E-state index contributed by atoms with van der Waals surface area (Å²) in [5.74, 6) is 1.31. The van der Waals surface area contributed by atoms with Crippen molar-refractivity contribution >= 4 is 17.5 Å². The van der Waals surface area contributed by atoms with E-state index in [1.807, 2.05) is 19.1 Å². The van der Waals surface area contributed by atoms with Crippen molar-refractivity contribution in [2.45, 2.75) is 13.5 Å². The summed E-state index contributed by atoms with van der Waals surface area (Å²) in [7, 11) is 4.63. The van der Waals surface area contributed by atoms with E-state index in [9.17, 15) is 4.79 Å². The first kappa shape index (κ1) is 17.9. The van der Waals surface area contributed by atoms with Crippen LogP contribution in [0.15, 0.2) is 30.3 Å². The van der Waals surface area contributed by atoms with E-state index in [2.05, 4.69) is 5.32 Å². The van der Waals surface area contributed by atoms with Crippen LogP contribution >= 0.6 is 11.6 Å². The molecule has 1 N–H and O–H groups in total. The van der Waals surface area contributed by atoms with Crippen molar-refractivity contribution in [2.24, 2.45) is 0 Å². The van der Waals surface area contributed by atoms with Gasteiger partial charge in [0, 0.05) is 12.1 Å². The number of halogens is 1. The van der Waals surface area contributed by atoms with Gasteiger partial charge in [0.2, 0.25) is 5.75 Å². The molecule has 2 aromatic carbocycles. The summed E-state index contributed by atoms with van der Waals surface area (Å²) < 4.78 is 16.0. The van der Waals surface area contributed by atoms with Crippen LogP contribution in [0.2, 0.25) is 5.02 Å². The summed E-state index contributed by atoms with van der Waals surface area (Å²) in [5, 5.41) is 3.26. The van der Waals surface area contributed by atoms with Gasteiger partial charge in [-0.15, -0.1) is 0 Å². The van der Waals surface area contributed by atoms with Crippen molar-refractivity contribution in [3.8, 4) is 17.2 Å². The molecule has 24 heavy (non-hydrogen) atoms. The Morgan fingerprint density at radius 2 is 1.75 bits per heavy atom. The quantitative estimate of drug-likeness (QED) is 0.865. The highest BCUT2D eigenvalue weighted by Gasteiger charge is 2.17. The minimum atomic E-state index is -0.253. The van der Waals surface area contributed by atoms with Gasteiger partial charge >= 0.3 is 0 Å². The fraction of sp³-hybridized carbons (Fsp3) is 0.278. The van der Waals surface area contributed by atoms with E-state index in [1.54, 1.807) is 32.4 Å². The van der Waals surface area contributed by atoms with E-state index in [0.29, 0.717) is 27.8 Å². The van der Waals surface area contributed by atoms with Crippen LogP contribution in [-0.2, 0) is 6.54 Å². The molecule has 0 saturated carbocycles. The second kappa shape index (κ2) is 7.93. The molecule has 6 heteroatoms. The van der Waals surface area contributed by atoms with Crippen molar-refractivity contribution in [1.82, 2.24) is 5.32 Å². The summed E-state index contributed by atoms with van der Waals surface area (Å²) >= 11 is 6.13. The largest absolute Gasteiger partial charge is 0.493 e. The van der Waals surface area contributed by atoms with Gasteiger partial charge in [0.1, 0.15) is 0 Å². The summed E-state index contributed by atoms with van der Waals surface area (Å²) in [6, 6.07) is 8.89. The number of carbonyl (C=O) groups is 1. The fourth-order valence-corrected chi connectivity index (χ4v) is 2.70. The van der Waals surface area contributed by atoms with Gasteiger partial charge < -0.3 is 19.5 Å². The Kier molecular flexibility index (Phi) is 5.93. The molecule has 128 valence electrons. The monoisotopic (exact) mass is 349 g/mol. The Morgan fingerprint density at radius 3 is 2.33 bits per heavy atom. The Morgan fingerprint density at radius 1 is 1.04 bits per heavy atom. The maximum Gasteiger partial charge on any atom is 0.253 e. The van der Waals surface area contributed by atoms with Gasteiger partial charge in [-0.1, -0.05) is 17.7 Å². The van der Waals surface area contributed by atoms with E-state index in [0.717, 1.165) is 11.1 Å². The van der Waals surface area contributed by atoms with E-state index < -0.39 is 0 Å². The highest BCUT2D eigenvalue weighted by molar-refractivity contribution is 6.33. The predicted molar refractivity (Wildman–Crippen MR) is 93.5 cm³/mol. The molecule has 0 aliphatic carbocycles. The number of hydrogen-bond acceptors (Lipinski definition) is 4. The molecular weight excluding hydrogens is 330 g/mol. The first-order valence-corrected chi connectivity index (χ1v) is 7.71. The number of amides is 1. The van der Waals surface area contributed by atoms with Crippen LogP contribution in [0.5, 0.6) is 17.2 Å². The molecule has 2 rings (SSSR count). The van der Waals surface area contributed by atoms with E-state index in [4.69, 9.17) is 25.8 Å². The lowest BCUT2D eigenvalue weighted by molar-refractivity contribution is 0.0950. The van der Waals surface area contributed by atoms with Crippen molar-refractivity contribution in [2.75, 3.05) is 21.3 Å². The second-order valence-electron chi connectivity index (χ2n) is 5.16. The van der Waals surface area contributed by atoms with Crippen LogP contribution in [-0.4, -0.2) is 27.2 Å². The first-order valence-electron chi connectivity index (χ1n) is 7.34. The molecule has 1 amide bonds. The fourth-order valence-electron chi connectivity index (χ4n) is 2.38. The van der Waals surface area contributed by atoms with Gasteiger partial charge in [-0.25, -0.2) is 0 Å². The molecule has 5 nitrogen and oxygen atoms in total. The lowest BCUT2D eigenvalue weighted by Gasteiger charge is -2.16. The van der Waals surface area contributed by atoms with Crippen LogP contribution in [0.3, 0.4) is 0 Å². The number of hydrogen-bond donors (Lipinski definition) is 1. The number of nitrogens with one attached hydrogen (secondary N) is 1. The van der Waals surface area contributed by atoms with Crippen molar-refractivity contribution < 1.29 is 19.0 Å². The molecule has 2 aromatic rings. The number of benzene rings is 2. The Labute approximate surface area is 146 Å². The minimum absolute atomic E-state index is 0.253. The van der Waals surface area contributed by atoms with E-state index in [-0.39, 0.29) is 12.5 Å². The highest BCUT2D eigenvalue weighted by atomic mass is 35.5. The number of rotatable bonds is 6. The van der Waals surface area contributed by atoms with Gasteiger partial charge in [0.15, 0.2) is 11.5 Å². The van der Waals surface area contributed by atoms with Crippen LogP contribution in [0.1, 0.15) is 21.5 Å². The summed E-state index contributed by atoms with van der Waals surface area (Å²) in [6.45, 7) is 2.19. The third-order valence-corrected chi connectivity index (χ3v) is 3.91. The van der Waals surface area contributed by atoms with Crippen molar-refractivity contribution in [1.29, 1.82) is 0 Å². The first-order chi connectivity index (χ1) is 11.5. The van der Waals surface area contributed by atoms with Crippen molar-refractivity contribution in [3.05, 3.63) is 52.0 Å². The second-order valence-corrected chi connectivity index (χ2v) is 5.57. The van der Waals surface area contributed by atoms with Gasteiger partial charge in [0.05, 0.1) is 31.9 Å². The Hall–Kier alpha value is -2.40. The van der Waals surface area contributed by atoms with Gasteiger partial charge in [-0.05, 0) is 36.8 Å². The summed E-state index contributed by atoms with van der Waals surface area (Å²) in [5.41, 5.74) is 2.20. The molecule has 0 bridgehead atoms. The molecule has 0 unspecified atom stereocenters. The number of ether oxygens (including phenoxy) is 3. The van der Waals surface area contributed by atoms with E-state index in [1.165, 1.54) is 7.11 Å². The van der Waals surface area contributed by atoms with Crippen LogP contribution < -0.4 is 19.5 Å². The van der Waals surface area contributed by atoms with Gasteiger partial charge in [-0.3, -0.25) is 4.79 Å². The lowest BCUT2D eigenvalue weighted by Crippen LogP contribution is -2.23. The average Bonchev–Trinajstić information content (AvgIpc) is 2.58. The third kappa shape index (κ3) is 3.74. The van der Waals surface area contributed by atoms with E-state index >= 15 is 0 Å². The van der Waals surface area contributed by atoms with Gasteiger partial charge in [0.25, 0.3) is 5.91 Å². The summed E-state index contributed by atoms with van der Waals surface area (Å²) in [6.07, 6.45) is 0. The predicted octanol–water partition coefficient (Wildman–Crippen LogP) is 3.60. The molecule has 0 spiro atoms. The lowest BCUT2D eigenvalue weighted by atomic mass is 10.1. The smallest absolute Gasteiger partial charge is 0.253 e. The number of aryl methyl sites for hydroxylation is 1. The molecular formula is C18H20ClNO4. The minimum Gasteiger partial charge on any atom is -0.493 e. The molecule has 0 saturated heterocycles. The molecule has 0 atom stereocenters. The number of methoxy groups -OCH3 is 3. The Bertz CT molecular complexity index is 746. The van der Waals surface area contributed by atoms with Crippen LogP contribution in [0.4, 0.5) is 0 Å². The number of carbonyl (C=O) groups excluding carboxylic acids is 1. The Balaban J connectivity index is 2.21. The average molecular weight is 350 g/mol. The SMILES string of the molecule is COc1ccc(CNC(=O)c2ccc(C)cc2Cl)c(OC)c1OC. The zero-order valence-electron chi connectivity index (χ0n) is 14.1. The van der Waals surface area contributed by atoms with Crippen LogP contribution in [0.25, 0.3) is 0 Å². The zero-order valence-corrected chi connectivity index (χ0v) is 14.9. The standard InChI is InChI=1S/C18H20ClNO4/c1-11-5-7-13(14(19)9-11)18(21)20-10-12-6-8-15(22-2)17(24-4)16(12)23-3/h5-9H,10H2,1-4H3,(H,20,21). The third-order valence-electron chi connectivity index (χ3n) is 3.59. The topological polar surface area (TPSA) is 56.8 Å². The molecule has 0 aliphatic rings. The molecule has 0 fully saturated rings. The highest BCUT2D eigenvalue weighted by Crippen LogP contribution is 2.39. The normalized spacial score (nSPS) is 10.2. The van der Waals surface area contributed by atoms with Crippen molar-refractivity contribution in [3.63, 3.8) is 0 Å².